The molecular formula is C21H30N4O. The van der Waals surface area contributed by atoms with Gasteiger partial charge in [0, 0.05) is 38.0 Å². The molecule has 1 aromatic heterocycles. The second-order valence-electron chi connectivity index (χ2n) is 6.83. The maximum absolute atomic E-state index is 5.45. The maximum Gasteiger partial charge on any atom is 0.191 e. The summed E-state index contributed by atoms with van der Waals surface area (Å²) in [6.07, 6.45) is 5.43. The van der Waals surface area contributed by atoms with Crippen molar-refractivity contribution in [2.75, 3.05) is 13.6 Å². The van der Waals surface area contributed by atoms with Crippen LogP contribution < -0.4 is 10.6 Å². The fourth-order valence-corrected chi connectivity index (χ4v) is 3.82. The zero-order valence-corrected chi connectivity index (χ0v) is 16.1. The van der Waals surface area contributed by atoms with Gasteiger partial charge in [0.15, 0.2) is 5.96 Å². The minimum atomic E-state index is 0.548. The summed E-state index contributed by atoms with van der Waals surface area (Å²) in [7, 11) is 1.82. The molecule has 1 heterocycles. The molecule has 1 atom stereocenters. The Kier molecular flexibility index (Phi) is 6.31. The maximum atomic E-state index is 5.45. The molecule has 0 radical (unpaired) electrons. The van der Waals surface area contributed by atoms with Gasteiger partial charge in [-0.2, -0.15) is 0 Å². The van der Waals surface area contributed by atoms with Crippen LogP contribution in [0.15, 0.2) is 33.8 Å². The van der Waals surface area contributed by atoms with Gasteiger partial charge in [-0.05, 0) is 36.8 Å². The fourth-order valence-electron chi connectivity index (χ4n) is 3.82. The Bertz CT molecular complexity index is 729. The number of hydrogen-bond donors (Lipinski definition) is 2. The van der Waals surface area contributed by atoms with Crippen LogP contribution in [0.2, 0.25) is 0 Å². The van der Waals surface area contributed by atoms with Crippen molar-refractivity contribution in [3.05, 3.63) is 52.4 Å². The summed E-state index contributed by atoms with van der Waals surface area (Å²) >= 11 is 0. The summed E-state index contributed by atoms with van der Waals surface area (Å²) in [6.45, 7) is 5.80. The first-order valence-corrected chi connectivity index (χ1v) is 9.75. The average molecular weight is 354 g/mol. The van der Waals surface area contributed by atoms with Crippen molar-refractivity contribution < 1.29 is 4.52 Å². The molecule has 5 heteroatoms. The van der Waals surface area contributed by atoms with E-state index in [9.17, 15) is 0 Å². The van der Waals surface area contributed by atoms with Crippen LogP contribution in [0.1, 0.15) is 60.8 Å². The third-order valence-corrected chi connectivity index (χ3v) is 5.27. The van der Waals surface area contributed by atoms with E-state index in [1.807, 2.05) is 7.05 Å². The van der Waals surface area contributed by atoms with E-state index < -0.39 is 0 Å². The average Bonchev–Trinajstić information content (AvgIpc) is 3.10. The monoisotopic (exact) mass is 354 g/mol. The number of nitrogens with zero attached hydrogens (tertiary/aromatic N) is 2. The van der Waals surface area contributed by atoms with Gasteiger partial charge in [0.05, 0.1) is 5.69 Å². The summed E-state index contributed by atoms with van der Waals surface area (Å²) in [4.78, 5) is 4.38. The van der Waals surface area contributed by atoms with Crippen molar-refractivity contribution in [1.82, 2.24) is 15.8 Å². The Morgan fingerprint density at radius 1 is 1.23 bits per heavy atom. The number of aliphatic imine (C=N–C) groups is 1. The third kappa shape index (κ3) is 4.09. The number of hydrogen-bond acceptors (Lipinski definition) is 3. The molecule has 0 saturated carbocycles. The summed E-state index contributed by atoms with van der Waals surface area (Å²) < 4.78 is 5.45. The van der Waals surface area contributed by atoms with Gasteiger partial charge in [0.2, 0.25) is 0 Å². The Hall–Kier alpha value is -2.30. The van der Waals surface area contributed by atoms with E-state index in [2.05, 4.69) is 58.9 Å². The molecule has 1 aliphatic carbocycles. The van der Waals surface area contributed by atoms with Gasteiger partial charge in [-0.25, -0.2) is 0 Å². The summed E-state index contributed by atoms with van der Waals surface area (Å²) in [5, 5.41) is 11.1. The van der Waals surface area contributed by atoms with Crippen LogP contribution >= 0.6 is 0 Å². The first kappa shape index (κ1) is 18.5. The number of aryl methyl sites for hydroxylation is 3. The highest BCUT2D eigenvalue weighted by molar-refractivity contribution is 5.79. The minimum absolute atomic E-state index is 0.548. The van der Waals surface area contributed by atoms with Gasteiger partial charge in [-0.15, -0.1) is 0 Å². The van der Waals surface area contributed by atoms with Crippen molar-refractivity contribution in [3.8, 4) is 0 Å². The molecule has 2 N–H and O–H groups in total. The molecule has 0 spiro atoms. The normalized spacial score (nSPS) is 17.0. The van der Waals surface area contributed by atoms with Crippen molar-refractivity contribution in [2.24, 2.45) is 4.99 Å². The lowest BCUT2D eigenvalue weighted by Crippen LogP contribution is -2.39. The lowest BCUT2D eigenvalue weighted by Gasteiger charge is -2.26. The molecule has 2 aromatic rings. The molecule has 140 valence electrons. The molecule has 0 bridgehead atoms. The predicted molar refractivity (Wildman–Crippen MR) is 106 cm³/mol. The summed E-state index contributed by atoms with van der Waals surface area (Å²) in [6, 6.07) is 8.83. The van der Waals surface area contributed by atoms with Gasteiger partial charge in [-0.3, -0.25) is 4.99 Å². The summed E-state index contributed by atoms with van der Waals surface area (Å²) in [5.74, 6) is 2.34. The third-order valence-electron chi connectivity index (χ3n) is 5.27. The highest BCUT2D eigenvalue weighted by Crippen LogP contribution is 2.30. The van der Waals surface area contributed by atoms with E-state index in [0.29, 0.717) is 12.5 Å². The smallest absolute Gasteiger partial charge is 0.191 e. The molecule has 3 rings (SSSR count). The van der Waals surface area contributed by atoms with Crippen molar-refractivity contribution in [3.63, 3.8) is 0 Å². The van der Waals surface area contributed by atoms with Gasteiger partial charge in [-0.1, -0.05) is 43.3 Å². The second kappa shape index (κ2) is 8.88. The highest BCUT2D eigenvalue weighted by Gasteiger charge is 2.20. The molecule has 5 nitrogen and oxygen atoms in total. The standard InChI is InChI=1S/C21H30N4O/c1-4-19-18(20(5-2)26-25-19)14-24-21(22-3)23-13-16-11-8-10-15-9-6-7-12-17(15)16/h6-7,9,12,16H,4-5,8,10-11,13-14H2,1-3H3,(H2,22,23,24). The molecule has 0 aliphatic heterocycles. The Morgan fingerprint density at radius 2 is 2.08 bits per heavy atom. The van der Waals surface area contributed by atoms with Crippen LogP contribution in [0.5, 0.6) is 0 Å². The molecule has 1 aromatic carbocycles. The van der Waals surface area contributed by atoms with E-state index in [1.165, 1.54) is 36.0 Å². The molecule has 0 amide bonds. The quantitative estimate of drug-likeness (QED) is 0.615. The van der Waals surface area contributed by atoms with E-state index in [4.69, 9.17) is 4.52 Å². The van der Waals surface area contributed by atoms with Crippen LogP contribution in [0.25, 0.3) is 0 Å². The van der Waals surface area contributed by atoms with Crippen LogP contribution in [-0.4, -0.2) is 24.7 Å². The number of guanidine groups is 1. The van der Waals surface area contributed by atoms with E-state index >= 15 is 0 Å². The number of benzene rings is 1. The Morgan fingerprint density at radius 3 is 2.85 bits per heavy atom. The minimum Gasteiger partial charge on any atom is -0.361 e. The molecule has 0 fully saturated rings. The number of rotatable bonds is 6. The molecular weight excluding hydrogens is 324 g/mol. The topological polar surface area (TPSA) is 62.5 Å². The van der Waals surface area contributed by atoms with Crippen LogP contribution in [-0.2, 0) is 25.8 Å². The first-order chi connectivity index (χ1) is 12.8. The number of fused-ring (bicyclic) bond motifs is 1. The Balaban J connectivity index is 1.59. The first-order valence-electron chi connectivity index (χ1n) is 9.75. The fraction of sp³-hybridized carbons (Fsp3) is 0.524. The molecule has 26 heavy (non-hydrogen) atoms. The van der Waals surface area contributed by atoms with Crippen LogP contribution in [0, 0.1) is 0 Å². The summed E-state index contributed by atoms with van der Waals surface area (Å²) in [5.41, 5.74) is 5.19. The zero-order chi connectivity index (χ0) is 18.4. The van der Waals surface area contributed by atoms with Gasteiger partial charge in [0.1, 0.15) is 5.76 Å². The van der Waals surface area contributed by atoms with Crippen molar-refractivity contribution in [2.45, 2.75) is 58.4 Å². The lowest BCUT2D eigenvalue weighted by molar-refractivity contribution is 0.380. The Labute approximate surface area is 156 Å². The van der Waals surface area contributed by atoms with E-state index in [1.54, 1.807) is 0 Å². The van der Waals surface area contributed by atoms with Gasteiger partial charge in [0.25, 0.3) is 0 Å². The van der Waals surface area contributed by atoms with Crippen LogP contribution in [0.4, 0.5) is 0 Å². The van der Waals surface area contributed by atoms with Crippen LogP contribution in [0.3, 0.4) is 0 Å². The van der Waals surface area contributed by atoms with Crippen molar-refractivity contribution >= 4 is 5.96 Å². The molecule has 0 saturated heterocycles. The SMILES string of the molecule is CCc1noc(CC)c1CNC(=NC)NCC1CCCc2ccccc21. The molecule has 1 aliphatic rings. The largest absolute Gasteiger partial charge is 0.361 e. The number of aromatic nitrogens is 1. The number of nitrogens with one attached hydrogen (secondary N) is 2. The van der Waals surface area contributed by atoms with E-state index in [-0.39, 0.29) is 0 Å². The van der Waals surface area contributed by atoms with Crippen molar-refractivity contribution in [1.29, 1.82) is 0 Å². The van der Waals surface area contributed by atoms with E-state index in [0.717, 1.165) is 36.8 Å². The van der Waals surface area contributed by atoms with Gasteiger partial charge < -0.3 is 15.2 Å². The predicted octanol–water partition coefficient (Wildman–Crippen LogP) is 3.58. The second-order valence-corrected chi connectivity index (χ2v) is 6.83. The zero-order valence-electron chi connectivity index (χ0n) is 16.1. The highest BCUT2D eigenvalue weighted by atomic mass is 16.5. The van der Waals surface area contributed by atoms with Gasteiger partial charge >= 0.3 is 0 Å². The molecule has 1 unspecified atom stereocenters. The lowest BCUT2D eigenvalue weighted by atomic mass is 9.83.